The van der Waals surface area contributed by atoms with Crippen LogP contribution in [-0.2, 0) is 9.59 Å². The van der Waals surface area contributed by atoms with E-state index >= 15 is 0 Å². The number of benzene rings is 1. The Labute approximate surface area is 102 Å². The maximum atomic E-state index is 9.55. The number of rotatable bonds is 2. The second-order valence-corrected chi connectivity index (χ2v) is 3.27. The van der Waals surface area contributed by atoms with Crippen LogP contribution >= 0.6 is 0 Å². The zero-order valence-electron chi connectivity index (χ0n) is 9.53. The Hall–Kier alpha value is -2.63. The van der Waals surface area contributed by atoms with Gasteiger partial charge < -0.3 is 14.7 Å². The lowest BCUT2D eigenvalue weighted by Gasteiger charge is -1.82. The Morgan fingerprint density at radius 2 is 1.72 bits per heavy atom. The average molecular weight is 249 g/mol. The van der Waals surface area contributed by atoms with E-state index in [0.29, 0.717) is 12.2 Å². The monoisotopic (exact) mass is 249 g/mol. The molecule has 0 bridgehead atoms. The van der Waals surface area contributed by atoms with Gasteiger partial charge in [-0.05, 0) is 19.1 Å². The summed E-state index contributed by atoms with van der Waals surface area (Å²) in [6.07, 6.45) is 1.12. The third-order valence-electron chi connectivity index (χ3n) is 1.93. The molecule has 0 aliphatic heterocycles. The van der Waals surface area contributed by atoms with Crippen LogP contribution in [0.5, 0.6) is 0 Å². The van der Waals surface area contributed by atoms with Crippen LogP contribution < -0.4 is 0 Å². The molecule has 18 heavy (non-hydrogen) atoms. The normalized spacial score (nSPS) is 10.1. The summed E-state index contributed by atoms with van der Waals surface area (Å²) >= 11 is 0. The van der Waals surface area contributed by atoms with E-state index in [0.717, 1.165) is 16.7 Å². The third kappa shape index (κ3) is 4.09. The largest absolute Gasteiger partial charge is 0.478 e. The Balaban J connectivity index is 0.000000187. The first kappa shape index (κ1) is 13.4. The number of hydrogen-bond donors (Lipinski definition) is 2. The first-order chi connectivity index (χ1) is 8.50. The molecule has 0 unspecified atom stereocenters. The van der Waals surface area contributed by atoms with Crippen molar-refractivity contribution in [3.63, 3.8) is 0 Å². The van der Waals surface area contributed by atoms with E-state index in [1.165, 1.54) is 0 Å². The first-order valence-electron chi connectivity index (χ1n) is 4.95. The lowest BCUT2D eigenvalue weighted by Crippen LogP contribution is -1.91. The van der Waals surface area contributed by atoms with Crippen molar-refractivity contribution < 1.29 is 24.3 Å². The highest BCUT2D eigenvalue weighted by molar-refractivity contribution is 5.89. The van der Waals surface area contributed by atoms with Crippen molar-refractivity contribution in [2.75, 3.05) is 0 Å². The Morgan fingerprint density at radius 1 is 1.17 bits per heavy atom. The summed E-state index contributed by atoms with van der Waals surface area (Å²) in [5.74, 6) is -2.51. The van der Waals surface area contributed by atoms with Gasteiger partial charge in [-0.2, -0.15) is 0 Å². The van der Waals surface area contributed by atoms with E-state index in [1.807, 2.05) is 31.2 Å². The lowest BCUT2D eigenvalue weighted by molar-refractivity contribution is -0.134. The topological polar surface area (TPSA) is 101 Å². The zero-order chi connectivity index (χ0) is 13.5. The van der Waals surface area contributed by atoms with Crippen LogP contribution in [-0.4, -0.2) is 27.3 Å². The number of para-hydroxylation sites is 1. The molecule has 2 aromatic rings. The smallest absolute Gasteiger partial charge is 0.328 e. The molecule has 0 saturated carbocycles. The molecule has 0 aliphatic carbocycles. The fourth-order valence-corrected chi connectivity index (χ4v) is 1.15. The summed E-state index contributed by atoms with van der Waals surface area (Å²) in [7, 11) is 0. The average Bonchev–Trinajstić information content (AvgIpc) is 2.70. The highest BCUT2D eigenvalue weighted by atomic mass is 16.5. The zero-order valence-corrected chi connectivity index (χ0v) is 9.53. The highest BCUT2D eigenvalue weighted by Crippen LogP contribution is 2.15. The second kappa shape index (κ2) is 6.19. The van der Waals surface area contributed by atoms with Gasteiger partial charge in [0.25, 0.3) is 0 Å². The summed E-state index contributed by atoms with van der Waals surface area (Å²) in [6.45, 7) is 1.94. The van der Waals surface area contributed by atoms with Crippen LogP contribution in [0.2, 0.25) is 0 Å². The quantitative estimate of drug-likeness (QED) is 0.787. The van der Waals surface area contributed by atoms with Crippen molar-refractivity contribution >= 4 is 22.9 Å². The number of carboxylic acids is 2. The first-order valence-corrected chi connectivity index (χ1v) is 4.95. The van der Waals surface area contributed by atoms with Gasteiger partial charge in [-0.3, -0.25) is 0 Å². The van der Waals surface area contributed by atoms with E-state index in [9.17, 15) is 9.59 Å². The van der Waals surface area contributed by atoms with Gasteiger partial charge >= 0.3 is 11.9 Å². The fourth-order valence-electron chi connectivity index (χ4n) is 1.15. The van der Waals surface area contributed by atoms with Crippen LogP contribution in [0.1, 0.15) is 5.69 Å². The minimum Gasteiger partial charge on any atom is -0.478 e. The molecule has 2 rings (SSSR count). The lowest BCUT2D eigenvalue weighted by atomic mass is 10.2. The van der Waals surface area contributed by atoms with Gasteiger partial charge in [-0.1, -0.05) is 17.3 Å². The Bertz CT molecular complexity index is 569. The minimum absolute atomic E-state index is 0.558. The molecular formula is C12H11NO5. The standard InChI is InChI=1S/C8H7NO.C4H4O4/c1-6-7-4-2-3-5-8(7)10-9-6;5-3(6)1-2-4(7)8/h2-5H,1H3;1-2H,(H,5,6)(H,7,8)/b;2-1+. The van der Waals surface area contributed by atoms with E-state index in [2.05, 4.69) is 5.16 Å². The molecule has 0 fully saturated rings. The predicted octanol–water partition coefficient (Wildman–Crippen LogP) is 1.85. The van der Waals surface area contributed by atoms with Gasteiger partial charge in [0.1, 0.15) is 0 Å². The Morgan fingerprint density at radius 3 is 2.22 bits per heavy atom. The molecule has 2 N–H and O–H groups in total. The van der Waals surface area contributed by atoms with Crippen molar-refractivity contribution in [1.29, 1.82) is 0 Å². The molecule has 0 atom stereocenters. The van der Waals surface area contributed by atoms with Crippen LogP contribution in [0.25, 0.3) is 11.0 Å². The van der Waals surface area contributed by atoms with Crippen LogP contribution in [0.3, 0.4) is 0 Å². The minimum atomic E-state index is -1.26. The summed E-state index contributed by atoms with van der Waals surface area (Å²) in [5, 5.41) is 20.5. The maximum absolute atomic E-state index is 9.55. The molecule has 1 aromatic heterocycles. The number of hydrogen-bond acceptors (Lipinski definition) is 4. The molecule has 0 amide bonds. The molecular weight excluding hydrogens is 238 g/mol. The number of fused-ring (bicyclic) bond motifs is 1. The molecule has 94 valence electrons. The third-order valence-corrected chi connectivity index (χ3v) is 1.93. The number of aryl methyl sites for hydroxylation is 1. The van der Waals surface area contributed by atoms with Crippen molar-refractivity contribution in [2.45, 2.75) is 6.92 Å². The second-order valence-electron chi connectivity index (χ2n) is 3.27. The number of nitrogens with zero attached hydrogens (tertiary/aromatic N) is 1. The van der Waals surface area contributed by atoms with Gasteiger partial charge in [0.15, 0.2) is 5.58 Å². The number of aliphatic carboxylic acids is 2. The molecule has 0 radical (unpaired) electrons. The predicted molar refractivity (Wildman–Crippen MR) is 63.2 cm³/mol. The number of carboxylic acid groups (broad SMARTS) is 2. The molecule has 0 aliphatic rings. The number of carbonyl (C=O) groups is 2. The molecule has 0 saturated heterocycles. The van der Waals surface area contributed by atoms with E-state index in [-0.39, 0.29) is 0 Å². The van der Waals surface area contributed by atoms with Gasteiger partial charge in [-0.15, -0.1) is 0 Å². The molecule has 6 heteroatoms. The van der Waals surface area contributed by atoms with Crippen molar-refractivity contribution in [2.24, 2.45) is 0 Å². The van der Waals surface area contributed by atoms with Gasteiger partial charge in [0.2, 0.25) is 0 Å². The maximum Gasteiger partial charge on any atom is 0.328 e. The number of aromatic nitrogens is 1. The van der Waals surface area contributed by atoms with Crippen LogP contribution in [0.15, 0.2) is 40.9 Å². The van der Waals surface area contributed by atoms with E-state index in [1.54, 1.807) is 0 Å². The summed E-state index contributed by atoms with van der Waals surface area (Å²) in [6, 6.07) is 7.83. The Kier molecular flexibility index (Phi) is 4.62. The van der Waals surface area contributed by atoms with Gasteiger partial charge in [0.05, 0.1) is 5.69 Å². The fraction of sp³-hybridized carbons (Fsp3) is 0.0833. The summed E-state index contributed by atoms with van der Waals surface area (Å²) in [4.78, 5) is 19.1. The van der Waals surface area contributed by atoms with Gasteiger partial charge in [0, 0.05) is 17.5 Å². The van der Waals surface area contributed by atoms with E-state index < -0.39 is 11.9 Å². The van der Waals surface area contributed by atoms with Crippen LogP contribution in [0, 0.1) is 6.92 Å². The SMILES string of the molecule is Cc1noc2ccccc12.O=C(O)/C=C/C(=O)O. The summed E-state index contributed by atoms with van der Waals surface area (Å²) < 4.78 is 5.00. The molecule has 0 spiro atoms. The van der Waals surface area contributed by atoms with Crippen molar-refractivity contribution in [1.82, 2.24) is 5.16 Å². The van der Waals surface area contributed by atoms with Gasteiger partial charge in [-0.25, -0.2) is 9.59 Å². The van der Waals surface area contributed by atoms with Crippen molar-refractivity contribution in [3.8, 4) is 0 Å². The van der Waals surface area contributed by atoms with Crippen LogP contribution in [0.4, 0.5) is 0 Å². The molecule has 1 heterocycles. The van der Waals surface area contributed by atoms with Crippen molar-refractivity contribution in [3.05, 3.63) is 42.1 Å². The molecule has 1 aromatic carbocycles. The highest BCUT2D eigenvalue weighted by Gasteiger charge is 1.99. The van der Waals surface area contributed by atoms with E-state index in [4.69, 9.17) is 14.7 Å². The molecule has 6 nitrogen and oxygen atoms in total. The summed E-state index contributed by atoms with van der Waals surface area (Å²) in [5.41, 5.74) is 1.82.